The van der Waals surface area contributed by atoms with Crippen LogP contribution < -0.4 is 47.4 Å². The van der Waals surface area contributed by atoms with Crippen molar-refractivity contribution in [2.75, 3.05) is 56.9 Å². The van der Waals surface area contributed by atoms with Gasteiger partial charge in [0.2, 0.25) is 23.4 Å². The van der Waals surface area contributed by atoms with Gasteiger partial charge in [-0.1, -0.05) is 6.07 Å². The topological polar surface area (TPSA) is 162 Å². The van der Waals surface area contributed by atoms with Crippen molar-refractivity contribution in [3.8, 4) is 57.5 Å². The standard InChI is InChI=1S/C42H44O15/c1-20(43)54-41-33(25-12-11-24(46-3)19-28(25)56-36(41)22-15-29(48-5)39(52-9)30(16-22)49-6)34-27(47-4)14-13-26-35(45)42(55-21(2)44)37(57-38(26)34)23-17-31(50-7)40(53-10)32(18-23)51-8/h11-19,33,36-37,41-42H,1-10H3/t33-,36+,37+,41-,42-/m0/s1. The summed E-state index contributed by atoms with van der Waals surface area (Å²) in [4.78, 5) is 40.3. The minimum Gasteiger partial charge on any atom is -0.497 e. The lowest BCUT2D eigenvalue weighted by atomic mass is 9.77. The van der Waals surface area contributed by atoms with Crippen LogP contribution in [0.1, 0.15) is 64.6 Å². The molecular weight excluding hydrogens is 744 g/mol. The average Bonchev–Trinajstić information content (AvgIpc) is 3.22. The molecule has 4 aromatic rings. The number of benzene rings is 4. The fraction of sp³-hybridized carbons (Fsp3) is 0.357. The lowest BCUT2D eigenvalue weighted by Crippen LogP contribution is -2.42. The summed E-state index contributed by atoms with van der Waals surface area (Å²) in [5, 5.41) is 0. The van der Waals surface area contributed by atoms with E-state index in [4.69, 9.17) is 56.8 Å². The van der Waals surface area contributed by atoms with E-state index in [9.17, 15) is 14.4 Å². The molecule has 0 unspecified atom stereocenters. The number of carbonyl (C=O) groups is 3. The van der Waals surface area contributed by atoms with Crippen LogP contribution in [-0.2, 0) is 19.1 Å². The molecule has 0 radical (unpaired) electrons. The Bertz CT molecular complexity index is 2130. The molecule has 0 saturated heterocycles. The van der Waals surface area contributed by atoms with Crippen molar-refractivity contribution in [2.24, 2.45) is 0 Å². The Kier molecular flexibility index (Phi) is 11.8. The fourth-order valence-corrected chi connectivity index (χ4v) is 7.38. The summed E-state index contributed by atoms with van der Waals surface area (Å²) in [6.07, 6.45) is -4.81. The van der Waals surface area contributed by atoms with E-state index in [1.165, 1.54) is 76.8 Å². The van der Waals surface area contributed by atoms with Gasteiger partial charge in [-0.3, -0.25) is 14.4 Å². The molecule has 2 aliphatic rings. The number of carbonyl (C=O) groups excluding carboxylic acids is 3. The second kappa shape index (κ2) is 16.7. The van der Waals surface area contributed by atoms with Crippen LogP contribution in [0.15, 0.2) is 54.6 Å². The molecule has 0 N–H and O–H groups in total. The first kappa shape index (κ1) is 40.2. The van der Waals surface area contributed by atoms with Crippen LogP contribution >= 0.6 is 0 Å². The molecule has 302 valence electrons. The molecule has 0 spiro atoms. The first-order valence-corrected chi connectivity index (χ1v) is 17.7. The van der Waals surface area contributed by atoms with Gasteiger partial charge in [0, 0.05) is 42.2 Å². The number of rotatable bonds is 13. The normalized spacial score (nSPS) is 19.3. The number of esters is 2. The minimum absolute atomic E-state index is 0.0909. The fourth-order valence-electron chi connectivity index (χ4n) is 7.38. The third-order valence-electron chi connectivity index (χ3n) is 9.79. The van der Waals surface area contributed by atoms with Crippen molar-refractivity contribution < 1.29 is 71.2 Å². The van der Waals surface area contributed by atoms with Gasteiger partial charge in [-0.15, -0.1) is 0 Å². The van der Waals surface area contributed by atoms with Gasteiger partial charge in [0.05, 0.1) is 68.4 Å². The van der Waals surface area contributed by atoms with Gasteiger partial charge in [-0.2, -0.15) is 0 Å². The summed E-state index contributed by atoms with van der Waals surface area (Å²) in [7, 11) is 11.8. The maximum atomic E-state index is 14.6. The highest BCUT2D eigenvalue weighted by Crippen LogP contribution is 2.56. The first-order chi connectivity index (χ1) is 27.5. The number of Topliss-reactive ketones (excluding diaryl/α,β-unsaturated/α-hetero) is 1. The van der Waals surface area contributed by atoms with Crippen LogP contribution in [0.5, 0.6) is 57.5 Å². The van der Waals surface area contributed by atoms with E-state index in [0.717, 1.165) is 0 Å². The zero-order valence-electron chi connectivity index (χ0n) is 33.2. The highest BCUT2D eigenvalue weighted by atomic mass is 16.6. The quantitative estimate of drug-likeness (QED) is 0.141. The highest BCUT2D eigenvalue weighted by molar-refractivity contribution is 6.05. The molecule has 4 aromatic carbocycles. The molecule has 15 heteroatoms. The molecule has 2 aliphatic heterocycles. The van der Waals surface area contributed by atoms with Crippen molar-refractivity contribution in [1.82, 2.24) is 0 Å². The summed E-state index contributed by atoms with van der Waals surface area (Å²) in [6.45, 7) is 2.49. The largest absolute Gasteiger partial charge is 0.497 e. The number of ketones is 1. The van der Waals surface area contributed by atoms with Crippen molar-refractivity contribution >= 4 is 17.7 Å². The second-order valence-corrected chi connectivity index (χ2v) is 12.9. The van der Waals surface area contributed by atoms with Crippen molar-refractivity contribution in [3.05, 3.63) is 82.4 Å². The van der Waals surface area contributed by atoms with Gasteiger partial charge < -0.3 is 56.8 Å². The predicted molar refractivity (Wildman–Crippen MR) is 202 cm³/mol. The second-order valence-electron chi connectivity index (χ2n) is 12.9. The summed E-state index contributed by atoms with van der Waals surface area (Å²) in [5.41, 5.74) is 1.86. The van der Waals surface area contributed by atoms with Gasteiger partial charge in [-0.05, 0) is 42.5 Å². The zero-order valence-corrected chi connectivity index (χ0v) is 33.2. The maximum absolute atomic E-state index is 14.6. The maximum Gasteiger partial charge on any atom is 0.303 e. The van der Waals surface area contributed by atoms with Crippen molar-refractivity contribution in [2.45, 2.75) is 44.2 Å². The molecule has 57 heavy (non-hydrogen) atoms. The zero-order chi connectivity index (χ0) is 41.1. The lowest BCUT2D eigenvalue weighted by Gasteiger charge is -2.41. The SMILES string of the molecule is COc1ccc2c(c1)O[C@H](c1cc(OC)c(OC)c(OC)c1)[C@@H](OC(C)=O)[C@@H]2c1c(OC)ccc2c1O[C@H](c1cc(OC)c(OC)c(OC)c1)[C@@H](OC(C)=O)C2=O. The van der Waals surface area contributed by atoms with Crippen LogP contribution in [0.4, 0.5) is 0 Å². The third kappa shape index (κ3) is 7.32. The van der Waals surface area contributed by atoms with Crippen molar-refractivity contribution in [3.63, 3.8) is 0 Å². The van der Waals surface area contributed by atoms with Gasteiger partial charge in [0.15, 0.2) is 41.3 Å². The molecule has 0 saturated carbocycles. The molecule has 0 aromatic heterocycles. The van der Waals surface area contributed by atoms with E-state index in [1.54, 1.807) is 48.5 Å². The van der Waals surface area contributed by atoms with Crippen LogP contribution in [0.25, 0.3) is 0 Å². The Morgan fingerprint density at radius 3 is 1.56 bits per heavy atom. The molecule has 5 atom stereocenters. The molecule has 0 aliphatic carbocycles. The van der Waals surface area contributed by atoms with E-state index in [0.29, 0.717) is 62.5 Å². The Labute approximate surface area is 329 Å². The van der Waals surface area contributed by atoms with Gasteiger partial charge in [-0.25, -0.2) is 0 Å². The highest BCUT2D eigenvalue weighted by Gasteiger charge is 2.49. The van der Waals surface area contributed by atoms with Gasteiger partial charge in [0.25, 0.3) is 0 Å². The van der Waals surface area contributed by atoms with Crippen LogP contribution in [0.2, 0.25) is 0 Å². The predicted octanol–water partition coefficient (Wildman–Crippen LogP) is 6.20. The molecule has 15 nitrogen and oxygen atoms in total. The van der Waals surface area contributed by atoms with Crippen LogP contribution in [0.3, 0.4) is 0 Å². The monoisotopic (exact) mass is 788 g/mol. The summed E-state index contributed by atoms with van der Waals surface area (Å²) in [5.74, 6) is 0.311. The third-order valence-corrected chi connectivity index (χ3v) is 9.79. The average molecular weight is 789 g/mol. The number of hydrogen-bond acceptors (Lipinski definition) is 15. The van der Waals surface area contributed by atoms with E-state index >= 15 is 0 Å². The Morgan fingerprint density at radius 1 is 0.561 bits per heavy atom. The van der Waals surface area contributed by atoms with E-state index in [2.05, 4.69) is 0 Å². The molecular formula is C42H44O15. The number of fused-ring (bicyclic) bond motifs is 2. The lowest BCUT2D eigenvalue weighted by molar-refractivity contribution is -0.153. The molecule has 0 bridgehead atoms. The first-order valence-electron chi connectivity index (χ1n) is 17.7. The minimum atomic E-state index is -1.43. The van der Waals surface area contributed by atoms with Gasteiger partial charge in [0.1, 0.15) is 23.0 Å². The van der Waals surface area contributed by atoms with Crippen LogP contribution in [-0.4, -0.2) is 86.8 Å². The molecule has 6 rings (SSSR count). The van der Waals surface area contributed by atoms with E-state index in [1.807, 2.05) is 0 Å². The Hall–Kier alpha value is -6.51. The Balaban J connectivity index is 1.65. The summed E-state index contributed by atoms with van der Waals surface area (Å²) < 4.78 is 70.7. The molecule has 0 amide bonds. The summed E-state index contributed by atoms with van der Waals surface area (Å²) >= 11 is 0. The summed E-state index contributed by atoms with van der Waals surface area (Å²) in [6, 6.07) is 15.0. The van der Waals surface area contributed by atoms with Gasteiger partial charge >= 0.3 is 11.9 Å². The molecule has 2 heterocycles. The van der Waals surface area contributed by atoms with E-state index < -0.39 is 48.1 Å². The number of hydrogen-bond donors (Lipinski definition) is 0. The number of ether oxygens (including phenoxy) is 12. The molecule has 0 fully saturated rings. The Morgan fingerprint density at radius 2 is 1.09 bits per heavy atom. The number of methoxy groups -OCH3 is 8. The smallest absolute Gasteiger partial charge is 0.303 e. The van der Waals surface area contributed by atoms with E-state index in [-0.39, 0.29) is 22.8 Å². The van der Waals surface area contributed by atoms with Crippen molar-refractivity contribution in [1.29, 1.82) is 0 Å². The van der Waals surface area contributed by atoms with Crippen LogP contribution in [0, 0.1) is 0 Å².